The molecule has 56 valence electrons. The largest absolute Gasteiger partial charge is 0.391 e. The fourth-order valence-electron chi connectivity index (χ4n) is 1.04. The standard InChI is InChI=1S/C6H12N4/c1-9(2)6-5(7)4-8-10(6)3/h4H,7H2,1-3H3/p+1. The molecule has 0 aromatic carbocycles. The minimum absolute atomic E-state index is 0.771. The molecule has 0 aliphatic heterocycles. The highest BCUT2D eigenvalue weighted by atomic mass is 15.3. The molecule has 0 saturated heterocycles. The Hall–Kier alpha value is -1.19. The Morgan fingerprint density at radius 3 is 2.40 bits per heavy atom. The van der Waals surface area contributed by atoms with Crippen molar-refractivity contribution in [1.29, 1.82) is 0 Å². The topological polar surface area (TPSA) is 48.9 Å². The molecule has 0 radical (unpaired) electrons. The van der Waals surface area contributed by atoms with Crippen LogP contribution in [0.4, 0.5) is 11.5 Å². The lowest BCUT2D eigenvalue weighted by molar-refractivity contribution is -0.714. The van der Waals surface area contributed by atoms with Gasteiger partial charge in [0.05, 0.1) is 20.3 Å². The predicted octanol–water partition coefficient (Wildman–Crippen LogP) is -0.513. The second-order valence-corrected chi connectivity index (χ2v) is 2.51. The summed E-state index contributed by atoms with van der Waals surface area (Å²) in [4.78, 5) is 1.96. The molecular formula is C6H13N4+. The van der Waals surface area contributed by atoms with E-state index in [4.69, 9.17) is 5.73 Å². The summed E-state index contributed by atoms with van der Waals surface area (Å²) in [6, 6.07) is 0. The van der Waals surface area contributed by atoms with Gasteiger partial charge in [-0.1, -0.05) is 0 Å². The van der Waals surface area contributed by atoms with Gasteiger partial charge >= 0.3 is 5.82 Å². The number of aromatic nitrogens is 2. The molecule has 1 heterocycles. The van der Waals surface area contributed by atoms with Gasteiger partial charge in [-0.3, -0.25) is 4.90 Å². The van der Waals surface area contributed by atoms with Gasteiger partial charge < -0.3 is 5.73 Å². The molecule has 0 amide bonds. The van der Waals surface area contributed by atoms with Gasteiger partial charge in [0.2, 0.25) is 0 Å². The molecule has 10 heavy (non-hydrogen) atoms. The van der Waals surface area contributed by atoms with Crippen LogP contribution in [-0.2, 0) is 7.05 Å². The van der Waals surface area contributed by atoms with Crippen LogP contribution in [0.2, 0.25) is 0 Å². The molecule has 1 rings (SSSR count). The maximum Gasteiger partial charge on any atom is 0.319 e. The molecule has 0 fully saturated rings. The molecule has 1 aromatic rings. The molecule has 0 unspecified atom stereocenters. The number of hydrogen-bond donors (Lipinski definition) is 2. The number of nitrogen functional groups attached to an aromatic ring is 1. The lowest BCUT2D eigenvalue weighted by Crippen LogP contribution is -2.36. The number of nitrogens with one attached hydrogen (secondary N) is 1. The molecule has 1 aromatic heterocycles. The summed E-state index contributed by atoms with van der Waals surface area (Å²) in [7, 11) is 5.84. The van der Waals surface area contributed by atoms with E-state index in [1.54, 1.807) is 6.20 Å². The van der Waals surface area contributed by atoms with E-state index >= 15 is 0 Å². The molecule has 0 saturated carbocycles. The first-order valence-corrected chi connectivity index (χ1v) is 3.13. The van der Waals surface area contributed by atoms with Crippen molar-refractivity contribution in [3.05, 3.63) is 6.20 Å². The van der Waals surface area contributed by atoms with Crippen molar-refractivity contribution in [1.82, 2.24) is 5.10 Å². The minimum atomic E-state index is 0.771. The van der Waals surface area contributed by atoms with Gasteiger partial charge in [0, 0.05) is 0 Å². The van der Waals surface area contributed by atoms with Crippen molar-refractivity contribution in [2.75, 3.05) is 24.7 Å². The third kappa shape index (κ3) is 0.920. The highest BCUT2D eigenvalue weighted by molar-refractivity contribution is 5.56. The quantitative estimate of drug-likeness (QED) is 0.517. The van der Waals surface area contributed by atoms with Gasteiger partial charge in [-0.2, -0.15) is 4.68 Å². The van der Waals surface area contributed by atoms with E-state index in [0.29, 0.717) is 0 Å². The van der Waals surface area contributed by atoms with E-state index in [0.717, 1.165) is 11.5 Å². The van der Waals surface area contributed by atoms with Crippen LogP contribution in [0.1, 0.15) is 0 Å². The molecule has 4 heteroatoms. The maximum absolute atomic E-state index is 5.65. The van der Waals surface area contributed by atoms with Gasteiger partial charge in [0.25, 0.3) is 0 Å². The number of aromatic amines is 1. The third-order valence-electron chi connectivity index (χ3n) is 1.41. The molecule has 4 nitrogen and oxygen atoms in total. The molecule has 0 spiro atoms. The van der Waals surface area contributed by atoms with Gasteiger partial charge in [-0.25, -0.2) is 5.10 Å². The normalized spacial score (nSPS) is 9.90. The lowest BCUT2D eigenvalue weighted by atomic mass is 10.5. The van der Waals surface area contributed by atoms with Crippen molar-refractivity contribution in [3.63, 3.8) is 0 Å². The van der Waals surface area contributed by atoms with Crippen LogP contribution in [0.15, 0.2) is 6.20 Å². The highest BCUT2D eigenvalue weighted by Gasteiger charge is 2.14. The number of hydrogen-bond acceptors (Lipinski definition) is 2. The Balaban J connectivity index is 3.10. The predicted molar refractivity (Wildman–Crippen MR) is 40.7 cm³/mol. The van der Waals surface area contributed by atoms with E-state index in [2.05, 4.69) is 5.10 Å². The second kappa shape index (κ2) is 2.21. The van der Waals surface area contributed by atoms with Crippen molar-refractivity contribution in [3.8, 4) is 0 Å². The summed E-state index contributed by atoms with van der Waals surface area (Å²) < 4.78 is 1.87. The van der Waals surface area contributed by atoms with Crippen molar-refractivity contribution >= 4 is 11.5 Å². The molecule has 0 bridgehead atoms. The Bertz CT molecular complexity index is 206. The van der Waals surface area contributed by atoms with Crippen molar-refractivity contribution in [2.45, 2.75) is 0 Å². The Morgan fingerprint density at radius 2 is 2.20 bits per heavy atom. The summed E-state index contributed by atoms with van der Waals surface area (Å²) in [5.41, 5.74) is 6.42. The monoisotopic (exact) mass is 141 g/mol. The average molecular weight is 141 g/mol. The fraction of sp³-hybridized carbons (Fsp3) is 0.500. The van der Waals surface area contributed by atoms with Crippen LogP contribution in [0, 0.1) is 0 Å². The zero-order chi connectivity index (χ0) is 7.72. The van der Waals surface area contributed by atoms with Crippen molar-refractivity contribution in [2.24, 2.45) is 7.05 Å². The lowest BCUT2D eigenvalue weighted by Gasteiger charge is -2.02. The van der Waals surface area contributed by atoms with Crippen molar-refractivity contribution < 1.29 is 4.68 Å². The number of aryl methyl sites for hydroxylation is 1. The van der Waals surface area contributed by atoms with Crippen LogP contribution in [-0.4, -0.2) is 19.2 Å². The zero-order valence-electron chi connectivity index (χ0n) is 6.55. The third-order valence-corrected chi connectivity index (χ3v) is 1.41. The molecule has 0 aliphatic rings. The summed E-state index contributed by atoms with van der Waals surface area (Å²) in [5, 5.41) is 2.97. The Kier molecular flexibility index (Phi) is 1.53. The maximum atomic E-state index is 5.65. The molecule has 0 aliphatic carbocycles. The summed E-state index contributed by atoms with van der Waals surface area (Å²) in [6.07, 6.45) is 1.77. The number of rotatable bonds is 1. The van der Waals surface area contributed by atoms with Gasteiger partial charge in [-0.15, -0.1) is 0 Å². The second-order valence-electron chi connectivity index (χ2n) is 2.51. The van der Waals surface area contributed by atoms with E-state index in [9.17, 15) is 0 Å². The van der Waals surface area contributed by atoms with Crippen LogP contribution in [0.5, 0.6) is 0 Å². The first kappa shape index (κ1) is 6.92. The first-order chi connectivity index (χ1) is 4.63. The van der Waals surface area contributed by atoms with Crippen LogP contribution >= 0.6 is 0 Å². The fourth-order valence-corrected chi connectivity index (χ4v) is 1.04. The van der Waals surface area contributed by atoms with E-state index in [1.165, 1.54) is 0 Å². The number of anilines is 2. The number of H-pyrrole nitrogens is 1. The molecule has 3 N–H and O–H groups in total. The summed E-state index contributed by atoms with van der Waals surface area (Å²) in [5.74, 6) is 1.00. The van der Waals surface area contributed by atoms with Gasteiger partial charge in [0.15, 0.2) is 0 Å². The van der Waals surface area contributed by atoms with Crippen LogP contribution < -0.4 is 15.3 Å². The Morgan fingerprint density at radius 1 is 1.60 bits per heavy atom. The number of nitrogens with two attached hydrogens (primary N) is 1. The summed E-state index contributed by atoms with van der Waals surface area (Å²) in [6.45, 7) is 0. The SMILES string of the molecule is CN(C)c1c(N)c[nH][n+]1C. The number of nitrogens with zero attached hydrogens (tertiary/aromatic N) is 2. The first-order valence-electron chi connectivity index (χ1n) is 3.13. The van der Waals surface area contributed by atoms with E-state index in [1.807, 2.05) is 30.7 Å². The average Bonchev–Trinajstić information content (AvgIpc) is 2.11. The van der Waals surface area contributed by atoms with Gasteiger partial charge in [0.1, 0.15) is 12.7 Å². The van der Waals surface area contributed by atoms with Gasteiger partial charge in [-0.05, 0) is 0 Å². The summed E-state index contributed by atoms with van der Waals surface area (Å²) >= 11 is 0. The highest BCUT2D eigenvalue weighted by Crippen LogP contribution is 2.12. The van der Waals surface area contributed by atoms with E-state index in [-0.39, 0.29) is 0 Å². The van der Waals surface area contributed by atoms with E-state index < -0.39 is 0 Å². The van der Waals surface area contributed by atoms with Crippen LogP contribution in [0.3, 0.4) is 0 Å². The smallest absolute Gasteiger partial charge is 0.319 e. The zero-order valence-corrected chi connectivity index (χ0v) is 6.55. The Labute approximate surface area is 60.2 Å². The molecule has 0 atom stereocenters. The minimum Gasteiger partial charge on any atom is -0.391 e. The molecular weight excluding hydrogens is 128 g/mol. The van der Waals surface area contributed by atoms with Crippen LogP contribution in [0.25, 0.3) is 0 Å².